The average Bonchev–Trinajstić information content (AvgIpc) is 2.27. The second-order valence-electron chi connectivity index (χ2n) is 2.39. The zero-order chi connectivity index (χ0) is 7.84. The molecule has 0 aliphatic heterocycles. The van der Waals surface area contributed by atoms with E-state index in [0.29, 0.717) is 18.1 Å². The second kappa shape index (κ2) is 2.05. The van der Waals surface area contributed by atoms with Crippen molar-refractivity contribution in [3.63, 3.8) is 0 Å². The third kappa shape index (κ3) is 0.981. The Morgan fingerprint density at radius 3 is 3.18 bits per heavy atom. The molecule has 3 nitrogen and oxygen atoms in total. The van der Waals surface area contributed by atoms with Crippen LogP contribution in [0.1, 0.15) is 17.3 Å². The second-order valence-corrected chi connectivity index (χ2v) is 2.39. The first-order chi connectivity index (χ1) is 5.25. The third-order valence-corrected chi connectivity index (χ3v) is 1.53. The van der Waals surface area contributed by atoms with Crippen LogP contribution in [0.3, 0.4) is 0 Å². The summed E-state index contributed by atoms with van der Waals surface area (Å²) in [5, 5.41) is 0. The maximum absolute atomic E-state index is 10.8. The van der Waals surface area contributed by atoms with Gasteiger partial charge < -0.3 is 4.42 Å². The average molecular weight is 148 g/mol. The van der Waals surface area contributed by atoms with Crippen LogP contribution in [0.15, 0.2) is 10.5 Å². The molecule has 0 spiro atoms. The fraction of sp³-hybridized carbons (Fsp3) is 0.125. The van der Waals surface area contributed by atoms with Crippen LogP contribution in [-0.4, -0.2) is 10.8 Å². The molecule has 1 radical (unpaired) electrons. The van der Waals surface area contributed by atoms with E-state index in [1.54, 1.807) is 6.08 Å². The Morgan fingerprint density at radius 1 is 1.55 bits per heavy atom. The molecule has 0 unspecified atom stereocenters. The summed E-state index contributed by atoms with van der Waals surface area (Å²) >= 11 is 0. The zero-order valence-electron chi connectivity index (χ0n) is 5.83. The van der Waals surface area contributed by atoms with E-state index >= 15 is 0 Å². The lowest BCUT2D eigenvalue weighted by atomic mass is 10.1. The van der Waals surface area contributed by atoms with Gasteiger partial charge in [-0.15, -0.1) is 0 Å². The Balaban J connectivity index is 2.52. The quantitative estimate of drug-likeness (QED) is 0.551. The zero-order valence-corrected chi connectivity index (χ0v) is 5.83. The highest BCUT2D eigenvalue weighted by Gasteiger charge is 2.15. The number of ketones is 1. The van der Waals surface area contributed by atoms with Gasteiger partial charge in [-0.05, 0) is 12.2 Å². The summed E-state index contributed by atoms with van der Waals surface area (Å²) in [6.07, 6.45) is 3.47. The molecule has 0 fully saturated rings. The maximum Gasteiger partial charge on any atom is 0.195 e. The van der Waals surface area contributed by atoms with Gasteiger partial charge in [-0.2, -0.15) is 0 Å². The van der Waals surface area contributed by atoms with Crippen molar-refractivity contribution >= 4 is 11.9 Å². The molecule has 1 aliphatic rings. The number of rotatable bonds is 0. The van der Waals surface area contributed by atoms with Crippen molar-refractivity contribution < 1.29 is 9.21 Å². The topological polar surface area (TPSA) is 43.1 Å². The fourth-order valence-corrected chi connectivity index (χ4v) is 1.06. The number of fused-ring (bicyclic) bond motifs is 1. The molecule has 0 saturated heterocycles. The number of aromatic nitrogens is 1. The van der Waals surface area contributed by atoms with Gasteiger partial charge in [0.15, 0.2) is 11.7 Å². The number of carbonyl (C=O) groups is 1. The lowest BCUT2D eigenvalue weighted by Gasteiger charge is -1.97. The van der Waals surface area contributed by atoms with Crippen LogP contribution < -0.4 is 0 Å². The molecule has 0 N–H and O–H groups in total. The van der Waals surface area contributed by atoms with E-state index in [-0.39, 0.29) is 5.78 Å². The van der Waals surface area contributed by atoms with Crippen LogP contribution in [-0.2, 0) is 11.2 Å². The highest BCUT2D eigenvalue weighted by molar-refractivity contribution is 5.97. The van der Waals surface area contributed by atoms with E-state index in [9.17, 15) is 4.79 Å². The van der Waals surface area contributed by atoms with Crippen molar-refractivity contribution in [2.45, 2.75) is 6.42 Å². The molecule has 0 atom stereocenters. The molecule has 1 heterocycles. The molecule has 0 saturated carbocycles. The van der Waals surface area contributed by atoms with Crippen LogP contribution in [0.25, 0.3) is 6.08 Å². The van der Waals surface area contributed by atoms with Gasteiger partial charge in [0.05, 0.1) is 6.42 Å². The van der Waals surface area contributed by atoms with E-state index in [4.69, 9.17) is 4.42 Å². The van der Waals surface area contributed by atoms with Gasteiger partial charge in [0, 0.05) is 6.92 Å². The van der Waals surface area contributed by atoms with Crippen molar-refractivity contribution in [3.05, 3.63) is 30.3 Å². The van der Waals surface area contributed by atoms with Crippen LogP contribution in [0.4, 0.5) is 0 Å². The number of hydrogen-bond acceptors (Lipinski definition) is 3. The number of allylic oxidation sites excluding steroid dienone is 1. The minimum Gasteiger partial charge on any atom is -0.445 e. The predicted molar refractivity (Wildman–Crippen MR) is 38.7 cm³/mol. The molecule has 0 bridgehead atoms. The lowest BCUT2D eigenvalue weighted by molar-refractivity contribution is -0.114. The van der Waals surface area contributed by atoms with Crippen molar-refractivity contribution in [2.24, 2.45) is 0 Å². The molecule has 1 aromatic rings. The first kappa shape index (κ1) is 6.34. The summed E-state index contributed by atoms with van der Waals surface area (Å²) in [4.78, 5) is 14.8. The van der Waals surface area contributed by atoms with E-state index in [0.717, 1.165) is 5.69 Å². The van der Waals surface area contributed by atoms with E-state index in [2.05, 4.69) is 11.9 Å². The van der Waals surface area contributed by atoms with Gasteiger partial charge in [-0.3, -0.25) is 4.79 Å². The van der Waals surface area contributed by atoms with Crippen molar-refractivity contribution in [1.82, 2.24) is 4.98 Å². The summed E-state index contributed by atoms with van der Waals surface area (Å²) in [5.41, 5.74) is 0.731. The molecule has 3 heteroatoms. The molecule has 0 aromatic carbocycles. The Labute approximate surface area is 63.7 Å². The highest BCUT2D eigenvalue weighted by Crippen LogP contribution is 2.17. The summed E-state index contributed by atoms with van der Waals surface area (Å²) in [5.74, 6) is 1.05. The number of oxazole rings is 1. The SMILES string of the molecule is [CH2]c1nc2c(o1)CC(=O)C=C2. The summed E-state index contributed by atoms with van der Waals surface area (Å²) < 4.78 is 5.08. The molecular weight excluding hydrogens is 142 g/mol. The standard InChI is InChI=1S/C8H6NO2/c1-5-9-7-3-2-6(10)4-8(7)11-5/h2-3H,1,4H2. The Bertz CT molecular complexity index is 336. The molecule has 1 aliphatic carbocycles. The molecular formula is C8H6NO2. The van der Waals surface area contributed by atoms with Gasteiger partial charge in [-0.25, -0.2) is 4.98 Å². The third-order valence-electron chi connectivity index (χ3n) is 1.53. The summed E-state index contributed by atoms with van der Waals surface area (Å²) in [6.45, 7) is 3.53. The van der Waals surface area contributed by atoms with Crippen molar-refractivity contribution in [3.8, 4) is 0 Å². The van der Waals surface area contributed by atoms with Crippen LogP contribution in [0.5, 0.6) is 0 Å². The molecule has 55 valence electrons. The smallest absolute Gasteiger partial charge is 0.195 e. The Kier molecular flexibility index (Phi) is 1.18. The van der Waals surface area contributed by atoms with Gasteiger partial charge in [-0.1, -0.05) is 0 Å². The monoisotopic (exact) mass is 148 g/mol. The summed E-state index contributed by atoms with van der Waals surface area (Å²) in [7, 11) is 0. The predicted octanol–water partition coefficient (Wildman–Crippen LogP) is 0.995. The Morgan fingerprint density at radius 2 is 2.36 bits per heavy atom. The molecule has 0 amide bonds. The Hall–Kier alpha value is -1.38. The lowest BCUT2D eigenvalue weighted by Crippen LogP contribution is -2.02. The first-order valence-corrected chi connectivity index (χ1v) is 3.28. The van der Waals surface area contributed by atoms with Gasteiger partial charge in [0.25, 0.3) is 0 Å². The minimum absolute atomic E-state index is 0.0497. The van der Waals surface area contributed by atoms with Gasteiger partial charge in [0.2, 0.25) is 0 Å². The van der Waals surface area contributed by atoms with Crippen molar-refractivity contribution in [2.75, 3.05) is 0 Å². The largest absolute Gasteiger partial charge is 0.445 e. The number of carbonyl (C=O) groups excluding carboxylic acids is 1. The molecule has 1 aromatic heterocycles. The van der Waals surface area contributed by atoms with E-state index in [1.165, 1.54) is 6.08 Å². The summed E-state index contributed by atoms with van der Waals surface area (Å²) in [6, 6.07) is 0. The van der Waals surface area contributed by atoms with Gasteiger partial charge in [0.1, 0.15) is 11.5 Å². The number of hydrogen-bond donors (Lipinski definition) is 0. The fourth-order valence-electron chi connectivity index (χ4n) is 1.06. The van der Waals surface area contributed by atoms with Crippen LogP contribution in [0.2, 0.25) is 0 Å². The number of nitrogens with zero attached hydrogens (tertiary/aromatic N) is 1. The highest BCUT2D eigenvalue weighted by atomic mass is 16.4. The van der Waals surface area contributed by atoms with E-state index < -0.39 is 0 Å². The normalized spacial score (nSPS) is 15.2. The van der Waals surface area contributed by atoms with Crippen LogP contribution >= 0.6 is 0 Å². The van der Waals surface area contributed by atoms with Gasteiger partial charge >= 0.3 is 0 Å². The maximum atomic E-state index is 10.8. The van der Waals surface area contributed by atoms with Crippen molar-refractivity contribution in [1.29, 1.82) is 0 Å². The van der Waals surface area contributed by atoms with E-state index in [1.807, 2.05) is 0 Å². The molecule has 2 rings (SSSR count). The van der Waals surface area contributed by atoms with Crippen LogP contribution in [0, 0.1) is 6.92 Å². The minimum atomic E-state index is 0.0497. The first-order valence-electron chi connectivity index (χ1n) is 3.28. The molecule has 11 heavy (non-hydrogen) atoms.